The molecule has 7 heteroatoms. The fourth-order valence-electron chi connectivity index (χ4n) is 2.08. The van der Waals surface area contributed by atoms with Crippen LogP contribution in [0.15, 0.2) is 48.5 Å². The van der Waals surface area contributed by atoms with Gasteiger partial charge in [0, 0.05) is 17.7 Å². The van der Waals surface area contributed by atoms with E-state index in [4.69, 9.17) is 10.00 Å². The van der Waals surface area contributed by atoms with Crippen LogP contribution in [0.25, 0.3) is 0 Å². The summed E-state index contributed by atoms with van der Waals surface area (Å²) >= 11 is 0. The van der Waals surface area contributed by atoms with Crippen LogP contribution in [-0.2, 0) is 14.3 Å². The normalized spacial score (nSPS) is 9.85. The van der Waals surface area contributed by atoms with E-state index in [0.29, 0.717) is 16.8 Å². The number of carbonyl (C=O) groups is 3. The van der Waals surface area contributed by atoms with Crippen LogP contribution >= 0.6 is 0 Å². The molecule has 1 N–H and O–H groups in total. The molecule has 132 valence electrons. The maximum atomic E-state index is 12.8. The third-order valence-electron chi connectivity index (χ3n) is 3.36. The molecule has 0 unspecified atom stereocenters. The first-order valence-electron chi connectivity index (χ1n) is 7.72. The highest BCUT2D eigenvalue weighted by molar-refractivity contribution is 5.98. The number of ether oxygens (including phenoxy) is 1. The van der Waals surface area contributed by atoms with Gasteiger partial charge in [0.1, 0.15) is 5.82 Å². The van der Waals surface area contributed by atoms with E-state index < -0.39 is 24.3 Å². The molecule has 0 atom stereocenters. The Bertz CT molecular complexity index is 857. The summed E-state index contributed by atoms with van der Waals surface area (Å²) in [6, 6.07) is 13.2. The third-order valence-corrected chi connectivity index (χ3v) is 3.36. The van der Waals surface area contributed by atoms with Crippen molar-refractivity contribution in [1.82, 2.24) is 0 Å². The summed E-state index contributed by atoms with van der Waals surface area (Å²) in [4.78, 5) is 35.2. The van der Waals surface area contributed by atoms with Gasteiger partial charge in [-0.15, -0.1) is 0 Å². The molecule has 0 aliphatic rings. The number of rotatable bonds is 7. The maximum absolute atomic E-state index is 12.8. The molecule has 0 radical (unpaired) electrons. The number of nitrogens with one attached hydrogen (secondary N) is 1. The second kappa shape index (κ2) is 9.08. The Labute approximate surface area is 149 Å². The van der Waals surface area contributed by atoms with Crippen LogP contribution in [0.3, 0.4) is 0 Å². The monoisotopic (exact) mass is 354 g/mol. The predicted molar refractivity (Wildman–Crippen MR) is 90.7 cm³/mol. The van der Waals surface area contributed by atoms with Crippen LogP contribution in [-0.4, -0.2) is 24.3 Å². The molecule has 2 aromatic carbocycles. The number of amides is 1. The molecule has 0 heterocycles. The minimum absolute atomic E-state index is 0.101. The summed E-state index contributed by atoms with van der Waals surface area (Å²) < 4.78 is 17.6. The van der Waals surface area contributed by atoms with Gasteiger partial charge < -0.3 is 10.1 Å². The third kappa shape index (κ3) is 5.83. The zero-order chi connectivity index (χ0) is 18.9. The zero-order valence-corrected chi connectivity index (χ0v) is 13.7. The number of nitrogens with zero attached hydrogens (tertiary/aromatic N) is 1. The highest BCUT2D eigenvalue weighted by Gasteiger charge is 2.12. The standard InChI is InChI=1S/C19H15FN2O4/c20-15-6-4-14(5-7-15)17(23)8-9-19(25)26-12-18(24)22-16-3-1-2-13(10-16)11-21/h1-7,10H,8-9,12H2,(H,22,24). The number of hydrogen-bond acceptors (Lipinski definition) is 5. The van der Waals surface area contributed by atoms with Gasteiger partial charge in [-0.05, 0) is 42.5 Å². The van der Waals surface area contributed by atoms with E-state index in [-0.39, 0.29) is 18.6 Å². The Kier molecular flexibility index (Phi) is 6.57. The summed E-state index contributed by atoms with van der Waals surface area (Å²) in [7, 11) is 0. The van der Waals surface area contributed by atoms with Gasteiger partial charge >= 0.3 is 5.97 Å². The van der Waals surface area contributed by atoms with Crippen LogP contribution in [0.2, 0.25) is 0 Å². The number of nitriles is 1. The van der Waals surface area contributed by atoms with Gasteiger partial charge in [-0.3, -0.25) is 14.4 Å². The number of halogens is 1. The van der Waals surface area contributed by atoms with Crippen LogP contribution in [0.5, 0.6) is 0 Å². The Morgan fingerprint density at radius 2 is 1.81 bits per heavy atom. The lowest BCUT2D eigenvalue weighted by Crippen LogP contribution is -2.21. The Morgan fingerprint density at radius 1 is 1.08 bits per heavy atom. The minimum atomic E-state index is -0.693. The van der Waals surface area contributed by atoms with E-state index in [1.807, 2.05) is 6.07 Å². The number of carbonyl (C=O) groups excluding carboxylic acids is 3. The van der Waals surface area contributed by atoms with Crippen molar-refractivity contribution in [3.05, 3.63) is 65.5 Å². The Balaban J connectivity index is 1.74. The fraction of sp³-hybridized carbons (Fsp3) is 0.158. The van der Waals surface area contributed by atoms with Crippen molar-refractivity contribution in [2.75, 3.05) is 11.9 Å². The van der Waals surface area contributed by atoms with Crippen molar-refractivity contribution < 1.29 is 23.5 Å². The maximum Gasteiger partial charge on any atom is 0.306 e. The van der Waals surface area contributed by atoms with Crippen LogP contribution in [0.1, 0.15) is 28.8 Å². The average molecular weight is 354 g/mol. The molecule has 2 aromatic rings. The first-order chi connectivity index (χ1) is 12.5. The molecule has 0 aliphatic carbocycles. The van der Waals surface area contributed by atoms with Crippen LogP contribution in [0, 0.1) is 17.1 Å². The molecule has 2 rings (SSSR count). The highest BCUT2D eigenvalue weighted by atomic mass is 19.1. The minimum Gasteiger partial charge on any atom is -0.456 e. The van der Waals surface area contributed by atoms with Gasteiger partial charge in [0.15, 0.2) is 12.4 Å². The quantitative estimate of drug-likeness (QED) is 0.609. The summed E-state index contributed by atoms with van der Waals surface area (Å²) in [5, 5.41) is 11.3. The second-order valence-corrected chi connectivity index (χ2v) is 5.33. The lowest BCUT2D eigenvalue weighted by Gasteiger charge is -2.07. The van der Waals surface area contributed by atoms with Gasteiger partial charge in [0.25, 0.3) is 5.91 Å². The predicted octanol–water partition coefficient (Wildman–Crippen LogP) is 2.84. The molecule has 6 nitrogen and oxygen atoms in total. The van der Waals surface area contributed by atoms with Crippen molar-refractivity contribution in [3.8, 4) is 6.07 Å². The van der Waals surface area contributed by atoms with Crippen LogP contribution in [0.4, 0.5) is 10.1 Å². The average Bonchev–Trinajstić information content (AvgIpc) is 2.65. The largest absolute Gasteiger partial charge is 0.456 e. The van der Waals surface area contributed by atoms with E-state index in [1.165, 1.54) is 18.2 Å². The van der Waals surface area contributed by atoms with E-state index in [9.17, 15) is 18.8 Å². The number of hydrogen-bond donors (Lipinski definition) is 1. The SMILES string of the molecule is N#Cc1cccc(NC(=O)COC(=O)CCC(=O)c2ccc(F)cc2)c1. The molecule has 0 spiro atoms. The van der Waals surface area contributed by atoms with Crippen LogP contribution < -0.4 is 5.32 Å². The van der Waals surface area contributed by atoms with Crippen molar-refractivity contribution in [1.29, 1.82) is 5.26 Å². The van der Waals surface area contributed by atoms with E-state index in [1.54, 1.807) is 18.2 Å². The number of Topliss-reactive ketones (excluding diaryl/α,β-unsaturated/α-hetero) is 1. The van der Waals surface area contributed by atoms with Gasteiger partial charge in [0.2, 0.25) is 0 Å². The summed E-state index contributed by atoms with van der Waals surface area (Å²) in [5.41, 5.74) is 1.10. The second-order valence-electron chi connectivity index (χ2n) is 5.33. The van der Waals surface area contributed by atoms with Crippen molar-refractivity contribution in [2.24, 2.45) is 0 Å². The Hall–Kier alpha value is -3.53. The van der Waals surface area contributed by atoms with E-state index in [0.717, 1.165) is 12.1 Å². The lowest BCUT2D eigenvalue weighted by molar-refractivity contribution is -0.147. The lowest BCUT2D eigenvalue weighted by atomic mass is 10.1. The molecule has 0 aliphatic heterocycles. The van der Waals surface area contributed by atoms with E-state index in [2.05, 4.69) is 5.32 Å². The first kappa shape index (κ1) is 18.8. The molecule has 1 amide bonds. The zero-order valence-electron chi connectivity index (χ0n) is 13.7. The van der Waals surface area contributed by atoms with Gasteiger partial charge in [-0.1, -0.05) is 6.07 Å². The van der Waals surface area contributed by atoms with Gasteiger partial charge in [-0.25, -0.2) is 4.39 Å². The summed E-state index contributed by atoms with van der Waals surface area (Å²) in [6.45, 7) is -0.500. The first-order valence-corrected chi connectivity index (χ1v) is 7.72. The molecule has 0 fully saturated rings. The van der Waals surface area contributed by atoms with Crippen molar-refractivity contribution in [3.63, 3.8) is 0 Å². The summed E-state index contributed by atoms with van der Waals surface area (Å²) in [6.07, 6.45) is -0.288. The van der Waals surface area contributed by atoms with Crippen molar-refractivity contribution >= 4 is 23.3 Å². The topological polar surface area (TPSA) is 96.3 Å². The van der Waals surface area contributed by atoms with Crippen molar-refractivity contribution in [2.45, 2.75) is 12.8 Å². The molecular weight excluding hydrogens is 339 g/mol. The molecule has 0 bridgehead atoms. The van der Waals surface area contributed by atoms with Gasteiger partial charge in [0.05, 0.1) is 18.1 Å². The molecule has 0 saturated heterocycles. The van der Waals surface area contributed by atoms with E-state index >= 15 is 0 Å². The highest BCUT2D eigenvalue weighted by Crippen LogP contribution is 2.10. The smallest absolute Gasteiger partial charge is 0.306 e. The number of anilines is 1. The van der Waals surface area contributed by atoms with Gasteiger partial charge in [-0.2, -0.15) is 5.26 Å². The number of benzene rings is 2. The molecular formula is C19H15FN2O4. The Morgan fingerprint density at radius 3 is 2.50 bits per heavy atom. The molecule has 0 saturated carbocycles. The number of esters is 1. The molecule has 0 aromatic heterocycles. The fourth-order valence-corrected chi connectivity index (χ4v) is 2.08. The number of ketones is 1. The summed E-state index contributed by atoms with van der Waals surface area (Å²) in [5.74, 6) is -2.02. The molecule has 26 heavy (non-hydrogen) atoms.